The number of hydrogen-bond donors (Lipinski definition) is 3. The summed E-state index contributed by atoms with van der Waals surface area (Å²) in [6.07, 6.45) is 4.56. The van der Waals surface area contributed by atoms with Gasteiger partial charge in [-0.2, -0.15) is 5.10 Å². The van der Waals surface area contributed by atoms with Crippen LogP contribution in [0.5, 0.6) is 0 Å². The zero-order chi connectivity index (χ0) is 24.2. The van der Waals surface area contributed by atoms with E-state index in [0.717, 1.165) is 6.07 Å². The van der Waals surface area contributed by atoms with Gasteiger partial charge in [-0.05, 0) is 18.6 Å². The molecule has 0 aliphatic heterocycles. The molecule has 1 aromatic carbocycles. The number of carbonyl (C=O) groups excluding carboxylic acids is 1. The number of rotatable bonds is 9. The Morgan fingerprint density at radius 3 is 2.58 bits per heavy atom. The number of nitrogens with zero attached hydrogens (tertiary/aromatic N) is 5. The van der Waals surface area contributed by atoms with Crippen molar-refractivity contribution >= 4 is 17.6 Å². The first kappa shape index (κ1) is 23.9. The second-order valence-electron chi connectivity index (χ2n) is 7.58. The van der Waals surface area contributed by atoms with Crippen LogP contribution in [0.1, 0.15) is 42.5 Å². The van der Waals surface area contributed by atoms with E-state index in [9.17, 15) is 19.1 Å². The summed E-state index contributed by atoms with van der Waals surface area (Å²) in [5.74, 6) is -4.90. The predicted molar refractivity (Wildman–Crippen MR) is 111 cm³/mol. The van der Waals surface area contributed by atoms with E-state index in [1.807, 2.05) is 0 Å². The molecule has 0 aliphatic rings. The molecule has 0 spiro atoms. The standard InChI is InChI=1S/C21H22F2N6O4/c1-12-7-24-9-26-20(12)13(2)21(33,8-29-11-25-10-27-29)14-5-17(16(23)6-15(14)22)28-18(30)3-4-19(31)32/h5-7,9-11,13,33H,3-4,8H2,1-2H3,(H,28,30)(H,31,32)/t13-,21+/m0/s1. The van der Waals surface area contributed by atoms with E-state index < -0.39 is 53.6 Å². The lowest BCUT2D eigenvalue weighted by molar-refractivity contribution is -0.138. The first-order chi connectivity index (χ1) is 15.6. The number of aryl methyl sites for hydroxylation is 1. The number of halogens is 2. The van der Waals surface area contributed by atoms with Crippen LogP contribution < -0.4 is 5.32 Å². The summed E-state index contributed by atoms with van der Waals surface area (Å²) < 4.78 is 30.8. The van der Waals surface area contributed by atoms with Crippen molar-refractivity contribution in [2.24, 2.45) is 0 Å². The molecule has 1 amide bonds. The van der Waals surface area contributed by atoms with Crippen LogP contribution in [0.15, 0.2) is 37.3 Å². The topological polar surface area (TPSA) is 143 Å². The second-order valence-corrected chi connectivity index (χ2v) is 7.58. The fraction of sp³-hybridized carbons (Fsp3) is 0.333. The highest BCUT2D eigenvalue weighted by molar-refractivity contribution is 5.92. The van der Waals surface area contributed by atoms with Gasteiger partial charge in [0, 0.05) is 30.2 Å². The zero-order valence-corrected chi connectivity index (χ0v) is 17.9. The fourth-order valence-corrected chi connectivity index (χ4v) is 3.51. The molecule has 33 heavy (non-hydrogen) atoms. The molecule has 2 aromatic heterocycles. The maximum Gasteiger partial charge on any atom is 0.303 e. The maximum absolute atomic E-state index is 15.1. The molecule has 0 radical (unpaired) electrons. The number of anilines is 1. The monoisotopic (exact) mass is 460 g/mol. The van der Waals surface area contributed by atoms with Gasteiger partial charge >= 0.3 is 5.97 Å². The lowest BCUT2D eigenvalue weighted by Gasteiger charge is -2.35. The van der Waals surface area contributed by atoms with Gasteiger partial charge in [0.1, 0.15) is 36.2 Å². The number of carboxylic acid groups (broad SMARTS) is 1. The minimum Gasteiger partial charge on any atom is -0.481 e. The highest BCUT2D eigenvalue weighted by atomic mass is 19.1. The molecule has 2 atom stereocenters. The molecular formula is C21H22F2N6O4. The summed E-state index contributed by atoms with van der Waals surface area (Å²) in [5.41, 5.74) is -1.62. The summed E-state index contributed by atoms with van der Waals surface area (Å²) in [7, 11) is 0. The van der Waals surface area contributed by atoms with Crippen molar-refractivity contribution < 1.29 is 28.6 Å². The van der Waals surface area contributed by atoms with Gasteiger partial charge in [0.15, 0.2) is 0 Å². The van der Waals surface area contributed by atoms with Crippen molar-refractivity contribution in [2.45, 2.75) is 44.8 Å². The number of benzene rings is 1. The number of nitrogens with one attached hydrogen (secondary N) is 1. The van der Waals surface area contributed by atoms with Gasteiger partial charge in [0.25, 0.3) is 0 Å². The Morgan fingerprint density at radius 2 is 1.94 bits per heavy atom. The smallest absolute Gasteiger partial charge is 0.303 e. The molecular weight excluding hydrogens is 438 g/mol. The quantitative estimate of drug-likeness (QED) is 0.441. The van der Waals surface area contributed by atoms with Gasteiger partial charge in [-0.25, -0.2) is 28.4 Å². The minimum atomic E-state index is -1.99. The minimum absolute atomic E-state index is 0.257. The molecule has 174 valence electrons. The Labute approximate surface area is 187 Å². The fourth-order valence-electron chi connectivity index (χ4n) is 3.51. The zero-order valence-electron chi connectivity index (χ0n) is 17.9. The summed E-state index contributed by atoms with van der Waals surface area (Å²) in [6.45, 7) is 3.10. The molecule has 3 aromatic rings. The highest BCUT2D eigenvalue weighted by Gasteiger charge is 2.41. The summed E-state index contributed by atoms with van der Waals surface area (Å²) >= 11 is 0. The van der Waals surface area contributed by atoms with Crippen LogP contribution in [0.3, 0.4) is 0 Å². The van der Waals surface area contributed by atoms with E-state index in [4.69, 9.17) is 5.11 Å². The van der Waals surface area contributed by atoms with Crippen LogP contribution in [0.4, 0.5) is 14.5 Å². The van der Waals surface area contributed by atoms with Crippen LogP contribution in [0, 0.1) is 18.6 Å². The van der Waals surface area contributed by atoms with Crippen LogP contribution in [0.2, 0.25) is 0 Å². The van der Waals surface area contributed by atoms with Crippen molar-refractivity contribution in [3.63, 3.8) is 0 Å². The third kappa shape index (κ3) is 5.34. The van der Waals surface area contributed by atoms with Gasteiger partial charge in [-0.15, -0.1) is 0 Å². The van der Waals surface area contributed by atoms with Crippen molar-refractivity contribution in [3.05, 3.63) is 65.8 Å². The third-order valence-corrected chi connectivity index (χ3v) is 5.29. The Morgan fingerprint density at radius 1 is 1.18 bits per heavy atom. The molecule has 0 aliphatic carbocycles. The van der Waals surface area contributed by atoms with Crippen LogP contribution in [0.25, 0.3) is 0 Å². The SMILES string of the molecule is Cc1cncnc1[C@H](C)[C@](O)(Cn1cncn1)c1cc(NC(=O)CCC(=O)O)c(F)cc1F. The van der Waals surface area contributed by atoms with Crippen molar-refractivity contribution in [1.29, 1.82) is 0 Å². The predicted octanol–water partition coefficient (Wildman–Crippen LogP) is 2.15. The number of hydrogen-bond acceptors (Lipinski definition) is 7. The number of aliphatic hydroxyl groups is 1. The van der Waals surface area contributed by atoms with Gasteiger partial charge in [0.05, 0.1) is 24.3 Å². The Bertz CT molecular complexity index is 1160. The van der Waals surface area contributed by atoms with Crippen molar-refractivity contribution in [3.8, 4) is 0 Å². The number of carbonyl (C=O) groups is 2. The highest BCUT2D eigenvalue weighted by Crippen LogP contribution is 2.41. The van der Waals surface area contributed by atoms with E-state index >= 15 is 4.39 Å². The number of aliphatic carboxylic acids is 1. The van der Waals surface area contributed by atoms with E-state index in [1.54, 1.807) is 20.0 Å². The van der Waals surface area contributed by atoms with E-state index in [0.29, 0.717) is 17.3 Å². The number of carboxylic acids is 1. The van der Waals surface area contributed by atoms with Crippen LogP contribution in [-0.2, 0) is 21.7 Å². The van der Waals surface area contributed by atoms with Gasteiger partial charge in [0.2, 0.25) is 5.91 Å². The van der Waals surface area contributed by atoms with Crippen molar-refractivity contribution in [1.82, 2.24) is 24.7 Å². The molecule has 2 heterocycles. The third-order valence-electron chi connectivity index (χ3n) is 5.29. The Balaban J connectivity index is 2.07. The second kappa shape index (κ2) is 9.77. The summed E-state index contributed by atoms with van der Waals surface area (Å²) in [6, 6.07) is 1.54. The van der Waals surface area contributed by atoms with E-state index in [-0.39, 0.29) is 12.1 Å². The number of amides is 1. The Hall–Kier alpha value is -3.80. The average Bonchev–Trinajstić information content (AvgIpc) is 3.26. The summed E-state index contributed by atoms with van der Waals surface area (Å²) in [5, 5.41) is 26.7. The number of aromatic nitrogens is 5. The molecule has 12 heteroatoms. The maximum atomic E-state index is 15.1. The lowest BCUT2D eigenvalue weighted by atomic mass is 9.78. The van der Waals surface area contributed by atoms with Gasteiger partial charge < -0.3 is 15.5 Å². The first-order valence-electron chi connectivity index (χ1n) is 9.94. The largest absolute Gasteiger partial charge is 0.481 e. The Kier molecular flexibility index (Phi) is 7.07. The normalized spacial score (nSPS) is 13.8. The molecule has 10 nitrogen and oxygen atoms in total. The van der Waals surface area contributed by atoms with E-state index in [1.165, 1.54) is 23.7 Å². The lowest BCUT2D eigenvalue weighted by Crippen LogP contribution is -2.39. The van der Waals surface area contributed by atoms with Crippen LogP contribution >= 0.6 is 0 Å². The van der Waals surface area contributed by atoms with Gasteiger partial charge in [-0.3, -0.25) is 9.59 Å². The molecule has 3 N–H and O–H groups in total. The molecule has 0 bridgehead atoms. The molecule has 0 fully saturated rings. The molecule has 0 unspecified atom stereocenters. The summed E-state index contributed by atoms with van der Waals surface area (Å²) in [4.78, 5) is 34.7. The molecule has 3 rings (SSSR count). The van der Waals surface area contributed by atoms with Crippen molar-refractivity contribution in [2.75, 3.05) is 5.32 Å². The average molecular weight is 460 g/mol. The van der Waals surface area contributed by atoms with Gasteiger partial charge in [-0.1, -0.05) is 6.92 Å². The first-order valence-corrected chi connectivity index (χ1v) is 9.94. The molecule has 0 saturated heterocycles. The van der Waals surface area contributed by atoms with E-state index in [2.05, 4.69) is 25.4 Å². The molecule has 0 saturated carbocycles. The van der Waals surface area contributed by atoms with Crippen LogP contribution in [-0.4, -0.2) is 46.8 Å².